The van der Waals surface area contributed by atoms with Crippen molar-refractivity contribution in [2.75, 3.05) is 18.2 Å². The van der Waals surface area contributed by atoms with Crippen LogP contribution in [0.5, 0.6) is 5.75 Å². The lowest BCUT2D eigenvalue weighted by Crippen LogP contribution is -2.31. The van der Waals surface area contributed by atoms with E-state index in [9.17, 15) is 13.6 Å². The van der Waals surface area contributed by atoms with Gasteiger partial charge in [-0.2, -0.15) is 0 Å². The van der Waals surface area contributed by atoms with Crippen molar-refractivity contribution in [3.63, 3.8) is 0 Å². The molecule has 0 bridgehead atoms. The van der Waals surface area contributed by atoms with Gasteiger partial charge < -0.3 is 15.8 Å². The molecule has 0 spiro atoms. The van der Waals surface area contributed by atoms with Gasteiger partial charge in [0.25, 0.3) is 0 Å². The third-order valence-corrected chi connectivity index (χ3v) is 3.59. The maximum atomic E-state index is 13.0. The number of rotatable bonds is 3. The van der Waals surface area contributed by atoms with Gasteiger partial charge in [-0.05, 0) is 31.0 Å². The maximum absolute atomic E-state index is 13.0. The number of nitrogen functional groups attached to an aromatic ring is 1. The molecule has 1 amide bonds. The Bertz CT molecular complexity index is 496. The van der Waals surface area contributed by atoms with E-state index in [2.05, 4.69) is 5.32 Å². The Balaban J connectivity index is 1.96. The van der Waals surface area contributed by atoms with Gasteiger partial charge in [-0.1, -0.05) is 0 Å². The van der Waals surface area contributed by atoms with Crippen LogP contribution in [-0.2, 0) is 4.79 Å². The van der Waals surface area contributed by atoms with Crippen molar-refractivity contribution in [3.8, 4) is 5.75 Å². The van der Waals surface area contributed by atoms with Crippen molar-refractivity contribution in [2.24, 2.45) is 5.92 Å². The normalized spacial score (nSPS) is 18.6. The number of halogens is 2. The summed E-state index contributed by atoms with van der Waals surface area (Å²) in [5.41, 5.74) is 6.71. The van der Waals surface area contributed by atoms with Crippen LogP contribution in [0.15, 0.2) is 18.2 Å². The van der Waals surface area contributed by atoms with E-state index in [-0.39, 0.29) is 37.5 Å². The summed E-state index contributed by atoms with van der Waals surface area (Å²) in [5.74, 6) is -2.69. The highest BCUT2D eigenvalue weighted by Crippen LogP contribution is 2.36. The van der Waals surface area contributed by atoms with Crippen LogP contribution in [0.25, 0.3) is 0 Å². The Hall–Kier alpha value is -1.85. The van der Waals surface area contributed by atoms with Gasteiger partial charge in [0.05, 0.1) is 12.8 Å². The number of carbonyl (C=O) groups is 1. The van der Waals surface area contributed by atoms with Gasteiger partial charge in [0, 0.05) is 24.4 Å². The molecule has 1 aliphatic rings. The summed E-state index contributed by atoms with van der Waals surface area (Å²) in [6.45, 7) is 0. The predicted octanol–water partition coefficient (Wildman–Crippen LogP) is 3.04. The van der Waals surface area contributed by atoms with Crippen molar-refractivity contribution >= 4 is 17.3 Å². The number of carbonyl (C=O) groups excluding carboxylic acids is 1. The molecule has 0 atom stereocenters. The van der Waals surface area contributed by atoms with Crippen molar-refractivity contribution in [2.45, 2.75) is 31.6 Å². The molecule has 6 heteroatoms. The number of alkyl halides is 2. The molecule has 1 aliphatic carbocycles. The minimum atomic E-state index is -2.62. The Kier molecular flexibility index (Phi) is 4.11. The Labute approximate surface area is 116 Å². The Morgan fingerprint density at radius 3 is 2.60 bits per heavy atom. The molecular weight excluding hydrogens is 266 g/mol. The molecule has 0 aromatic heterocycles. The standard InChI is InChI=1S/C14H18F2N2O2/c1-20-12-3-2-10(8-11(12)17)18-13(19)9-4-6-14(15,16)7-5-9/h2-3,8-9H,4-7,17H2,1H3,(H,18,19). The smallest absolute Gasteiger partial charge is 0.248 e. The van der Waals surface area contributed by atoms with Gasteiger partial charge in [-0.15, -0.1) is 0 Å². The number of hydrogen-bond acceptors (Lipinski definition) is 3. The second-order valence-corrected chi connectivity index (χ2v) is 5.08. The minimum Gasteiger partial charge on any atom is -0.495 e. The molecule has 0 heterocycles. The lowest BCUT2D eigenvalue weighted by molar-refractivity contribution is -0.124. The molecule has 1 aromatic carbocycles. The van der Waals surface area contributed by atoms with Gasteiger partial charge >= 0.3 is 0 Å². The van der Waals surface area contributed by atoms with E-state index in [0.717, 1.165) is 0 Å². The zero-order valence-electron chi connectivity index (χ0n) is 11.3. The van der Waals surface area contributed by atoms with Crippen LogP contribution >= 0.6 is 0 Å². The van der Waals surface area contributed by atoms with Crippen molar-refractivity contribution in [3.05, 3.63) is 18.2 Å². The Morgan fingerprint density at radius 1 is 1.40 bits per heavy atom. The predicted molar refractivity (Wildman–Crippen MR) is 72.9 cm³/mol. The third-order valence-electron chi connectivity index (χ3n) is 3.59. The fraction of sp³-hybridized carbons (Fsp3) is 0.500. The summed E-state index contributed by atoms with van der Waals surface area (Å²) in [5, 5.41) is 2.71. The average molecular weight is 284 g/mol. The molecule has 110 valence electrons. The first-order valence-corrected chi connectivity index (χ1v) is 6.53. The molecule has 0 aliphatic heterocycles. The molecule has 3 N–H and O–H groups in total. The first kappa shape index (κ1) is 14.6. The molecule has 1 saturated carbocycles. The number of methoxy groups -OCH3 is 1. The molecule has 1 fully saturated rings. The number of amides is 1. The van der Waals surface area contributed by atoms with Crippen molar-refractivity contribution in [1.29, 1.82) is 0 Å². The van der Waals surface area contributed by atoms with Gasteiger partial charge in [-0.25, -0.2) is 8.78 Å². The van der Waals surface area contributed by atoms with Gasteiger partial charge in [0.1, 0.15) is 5.75 Å². The third kappa shape index (κ3) is 3.37. The van der Waals surface area contributed by atoms with Gasteiger partial charge in [0.15, 0.2) is 0 Å². The second-order valence-electron chi connectivity index (χ2n) is 5.08. The van der Waals surface area contributed by atoms with E-state index in [4.69, 9.17) is 10.5 Å². The first-order chi connectivity index (χ1) is 9.41. The molecule has 1 aromatic rings. The number of benzene rings is 1. The monoisotopic (exact) mass is 284 g/mol. The van der Waals surface area contributed by atoms with Crippen LogP contribution in [0.1, 0.15) is 25.7 Å². The van der Waals surface area contributed by atoms with Crippen LogP contribution in [0.2, 0.25) is 0 Å². The van der Waals surface area contributed by atoms with E-state index in [1.165, 1.54) is 7.11 Å². The van der Waals surface area contributed by atoms with E-state index in [0.29, 0.717) is 17.1 Å². The van der Waals surface area contributed by atoms with Crippen LogP contribution in [-0.4, -0.2) is 18.9 Å². The van der Waals surface area contributed by atoms with E-state index < -0.39 is 5.92 Å². The number of anilines is 2. The zero-order chi connectivity index (χ0) is 14.8. The molecule has 20 heavy (non-hydrogen) atoms. The van der Waals surface area contributed by atoms with Gasteiger partial charge in [0.2, 0.25) is 11.8 Å². The van der Waals surface area contributed by atoms with E-state index in [1.807, 2.05) is 0 Å². The molecular formula is C14H18F2N2O2. The molecule has 4 nitrogen and oxygen atoms in total. The van der Waals surface area contributed by atoms with Crippen molar-refractivity contribution in [1.82, 2.24) is 0 Å². The van der Waals surface area contributed by atoms with E-state index >= 15 is 0 Å². The second kappa shape index (κ2) is 5.64. The number of hydrogen-bond donors (Lipinski definition) is 2. The first-order valence-electron chi connectivity index (χ1n) is 6.53. The quantitative estimate of drug-likeness (QED) is 0.838. The van der Waals surface area contributed by atoms with E-state index in [1.54, 1.807) is 18.2 Å². The van der Waals surface area contributed by atoms with Crippen molar-refractivity contribution < 1.29 is 18.3 Å². The summed E-state index contributed by atoms with van der Waals surface area (Å²) in [4.78, 5) is 12.0. The highest BCUT2D eigenvalue weighted by atomic mass is 19.3. The summed E-state index contributed by atoms with van der Waals surface area (Å²) in [6, 6.07) is 4.92. The van der Waals surface area contributed by atoms with Crippen LogP contribution in [0.4, 0.5) is 20.2 Å². The Morgan fingerprint density at radius 2 is 2.05 bits per heavy atom. The highest BCUT2D eigenvalue weighted by molar-refractivity contribution is 5.93. The lowest BCUT2D eigenvalue weighted by Gasteiger charge is -2.27. The molecule has 0 radical (unpaired) electrons. The number of ether oxygens (including phenoxy) is 1. The molecule has 0 unspecified atom stereocenters. The number of nitrogens with one attached hydrogen (secondary N) is 1. The summed E-state index contributed by atoms with van der Waals surface area (Å²) in [6.07, 6.45) is -0.0272. The summed E-state index contributed by atoms with van der Waals surface area (Å²) < 4.78 is 31.1. The lowest BCUT2D eigenvalue weighted by atomic mass is 9.86. The fourth-order valence-electron chi connectivity index (χ4n) is 2.36. The van der Waals surface area contributed by atoms with Crippen LogP contribution in [0.3, 0.4) is 0 Å². The largest absolute Gasteiger partial charge is 0.495 e. The zero-order valence-corrected chi connectivity index (χ0v) is 11.3. The topological polar surface area (TPSA) is 64.3 Å². The fourth-order valence-corrected chi connectivity index (χ4v) is 2.36. The summed E-state index contributed by atoms with van der Waals surface area (Å²) >= 11 is 0. The minimum absolute atomic E-state index is 0.213. The highest BCUT2D eigenvalue weighted by Gasteiger charge is 2.37. The maximum Gasteiger partial charge on any atom is 0.248 e. The molecule has 0 saturated heterocycles. The summed E-state index contributed by atoms with van der Waals surface area (Å²) in [7, 11) is 1.51. The average Bonchev–Trinajstić information content (AvgIpc) is 2.38. The van der Waals surface area contributed by atoms with Gasteiger partial charge in [-0.3, -0.25) is 4.79 Å². The number of nitrogens with two attached hydrogens (primary N) is 1. The van der Waals surface area contributed by atoms with Crippen LogP contribution < -0.4 is 15.8 Å². The molecule has 2 rings (SSSR count). The van der Waals surface area contributed by atoms with Crippen LogP contribution in [0, 0.1) is 5.92 Å². The SMILES string of the molecule is COc1ccc(NC(=O)C2CCC(F)(F)CC2)cc1N.